The van der Waals surface area contributed by atoms with Crippen LogP contribution in [0.5, 0.6) is 0 Å². The number of rotatable bonds is 1. The fraction of sp³-hybridized carbons (Fsp3) is 0.583. The first-order valence-electron chi connectivity index (χ1n) is 6.04. The van der Waals surface area contributed by atoms with E-state index in [-0.39, 0.29) is 11.7 Å². The quantitative estimate of drug-likeness (QED) is 0.662. The minimum Gasteiger partial charge on any atom is -0.375 e. The Morgan fingerprint density at radius 3 is 2.58 bits per heavy atom. The molecule has 0 unspecified atom stereocenters. The van der Waals surface area contributed by atoms with Crippen molar-refractivity contribution in [2.75, 3.05) is 24.6 Å². The zero-order chi connectivity index (χ0) is 14.2. The maximum atomic E-state index is 12.0. The fourth-order valence-electron chi connectivity index (χ4n) is 2.31. The molecule has 2 rings (SSSR count). The van der Waals surface area contributed by atoms with Gasteiger partial charge in [0.2, 0.25) is 0 Å². The molecule has 1 aromatic rings. The smallest absolute Gasteiger partial charge is 0.332 e. The molecule has 0 radical (unpaired) electrons. The molecule has 7 heteroatoms. The minimum absolute atomic E-state index is 0.000506. The number of nitriles is 1. The Balaban J connectivity index is 2.66. The molecule has 0 N–H and O–H groups in total. The number of ether oxygens (including phenoxy) is 1. The van der Waals surface area contributed by atoms with Crippen molar-refractivity contribution in [3.05, 3.63) is 26.4 Å². The molecule has 0 aliphatic carbocycles. The molecule has 0 saturated carbocycles. The Bertz CT molecular complexity index is 653. The van der Waals surface area contributed by atoms with Gasteiger partial charge in [-0.25, -0.2) is 4.79 Å². The Kier molecular flexibility index (Phi) is 3.44. The van der Waals surface area contributed by atoms with E-state index in [0.717, 1.165) is 4.57 Å². The lowest BCUT2D eigenvalue weighted by Gasteiger charge is -2.34. The first-order valence-corrected chi connectivity index (χ1v) is 6.04. The predicted molar refractivity (Wildman–Crippen MR) is 69.3 cm³/mol. The molecule has 1 aliphatic rings. The average molecular weight is 264 g/mol. The van der Waals surface area contributed by atoms with Gasteiger partial charge in [0.1, 0.15) is 11.9 Å². The zero-order valence-corrected chi connectivity index (χ0v) is 11.2. The minimum atomic E-state index is -0.556. The highest BCUT2D eigenvalue weighted by molar-refractivity contribution is 5.53. The van der Waals surface area contributed by atoms with Crippen molar-refractivity contribution in [1.29, 1.82) is 5.26 Å². The van der Waals surface area contributed by atoms with Gasteiger partial charge in [-0.15, -0.1) is 0 Å². The maximum Gasteiger partial charge on any atom is 0.332 e. The number of morpholine rings is 1. The molecule has 0 bridgehead atoms. The van der Waals surface area contributed by atoms with Crippen LogP contribution in [0.3, 0.4) is 0 Å². The van der Waals surface area contributed by atoms with Crippen LogP contribution >= 0.6 is 0 Å². The van der Waals surface area contributed by atoms with Gasteiger partial charge in [0.25, 0.3) is 5.56 Å². The van der Waals surface area contributed by atoms with E-state index in [1.165, 1.54) is 11.6 Å². The van der Waals surface area contributed by atoms with Crippen LogP contribution in [0.1, 0.15) is 12.5 Å². The molecule has 2 heterocycles. The van der Waals surface area contributed by atoms with Gasteiger partial charge in [0, 0.05) is 27.2 Å². The number of nitrogens with zero attached hydrogens (tertiary/aromatic N) is 4. The van der Waals surface area contributed by atoms with E-state index >= 15 is 0 Å². The summed E-state index contributed by atoms with van der Waals surface area (Å²) in [5, 5.41) is 9.20. The lowest BCUT2D eigenvalue weighted by atomic mass is 10.2. The molecule has 19 heavy (non-hydrogen) atoms. The standard InChI is InChI=1S/C12H16N4O3/c1-8-7-16(4-5-19-8)10-9(6-13)11(17)15(3)12(18)14(10)2/h8H,4-5,7H2,1-3H3/t8-/m1/s1. The summed E-state index contributed by atoms with van der Waals surface area (Å²) >= 11 is 0. The largest absolute Gasteiger partial charge is 0.375 e. The summed E-state index contributed by atoms with van der Waals surface area (Å²) in [6.45, 7) is 3.53. The van der Waals surface area contributed by atoms with E-state index < -0.39 is 11.2 Å². The van der Waals surface area contributed by atoms with Crippen LogP contribution in [0, 0.1) is 11.3 Å². The molecule has 1 aliphatic heterocycles. The van der Waals surface area contributed by atoms with E-state index in [2.05, 4.69) is 0 Å². The molecular formula is C12H16N4O3. The predicted octanol–water partition coefficient (Wildman–Crippen LogP) is -0.819. The van der Waals surface area contributed by atoms with E-state index in [0.29, 0.717) is 25.5 Å². The number of hydrogen-bond donors (Lipinski definition) is 0. The monoisotopic (exact) mass is 264 g/mol. The highest BCUT2D eigenvalue weighted by Gasteiger charge is 2.24. The van der Waals surface area contributed by atoms with E-state index in [1.54, 1.807) is 7.05 Å². The molecule has 0 aromatic carbocycles. The second kappa shape index (κ2) is 4.90. The Labute approximate surface area is 110 Å². The lowest BCUT2D eigenvalue weighted by Crippen LogP contribution is -2.47. The van der Waals surface area contributed by atoms with E-state index in [4.69, 9.17) is 4.74 Å². The molecule has 1 fully saturated rings. The lowest BCUT2D eigenvalue weighted by molar-refractivity contribution is 0.0526. The van der Waals surface area contributed by atoms with Crippen LogP contribution in [0.4, 0.5) is 5.82 Å². The second-order valence-corrected chi connectivity index (χ2v) is 4.64. The van der Waals surface area contributed by atoms with Crippen LogP contribution in [0.15, 0.2) is 9.59 Å². The number of hydrogen-bond acceptors (Lipinski definition) is 5. The van der Waals surface area contributed by atoms with Gasteiger partial charge in [0.05, 0.1) is 12.7 Å². The SMILES string of the molecule is C[C@@H]1CN(c2c(C#N)c(=O)n(C)c(=O)n2C)CCO1. The molecule has 1 aromatic heterocycles. The summed E-state index contributed by atoms with van der Waals surface area (Å²) in [6.07, 6.45) is -0.000506. The Hall–Kier alpha value is -2.07. The van der Waals surface area contributed by atoms with Gasteiger partial charge >= 0.3 is 5.69 Å². The van der Waals surface area contributed by atoms with Crippen LogP contribution in [-0.4, -0.2) is 34.9 Å². The van der Waals surface area contributed by atoms with Gasteiger partial charge in [-0.05, 0) is 6.92 Å². The van der Waals surface area contributed by atoms with Gasteiger partial charge < -0.3 is 9.64 Å². The molecule has 0 amide bonds. The van der Waals surface area contributed by atoms with Gasteiger partial charge in [0.15, 0.2) is 5.56 Å². The number of anilines is 1. The highest BCUT2D eigenvalue weighted by atomic mass is 16.5. The van der Waals surface area contributed by atoms with Crippen LogP contribution in [-0.2, 0) is 18.8 Å². The Morgan fingerprint density at radius 2 is 2.00 bits per heavy atom. The van der Waals surface area contributed by atoms with E-state index in [9.17, 15) is 14.9 Å². The summed E-state index contributed by atoms with van der Waals surface area (Å²) < 4.78 is 7.73. The van der Waals surface area contributed by atoms with Gasteiger partial charge in [-0.1, -0.05) is 0 Å². The molecule has 102 valence electrons. The van der Waals surface area contributed by atoms with Crippen molar-refractivity contribution in [2.24, 2.45) is 14.1 Å². The maximum absolute atomic E-state index is 12.0. The summed E-state index contributed by atoms with van der Waals surface area (Å²) in [5.74, 6) is 0.380. The van der Waals surface area contributed by atoms with Crippen LogP contribution in [0.25, 0.3) is 0 Å². The zero-order valence-electron chi connectivity index (χ0n) is 11.2. The molecule has 7 nitrogen and oxygen atoms in total. The number of aromatic nitrogens is 2. The first kappa shape index (κ1) is 13.4. The third-order valence-corrected chi connectivity index (χ3v) is 3.29. The van der Waals surface area contributed by atoms with Crippen molar-refractivity contribution in [3.63, 3.8) is 0 Å². The molecule has 1 atom stereocenters. The van der Waals surface area contributed by atoms with Crippen LogP contribution < -0.4 is 16.1 Å². The van der Waals surface area contributed by atoms with Crippen LogP contribution in [0.2, 0.25) is 0 Å². The van der Waals surface area contributed by atoms with Gasteiger partial charge in [-0.2, -0.15) is 5.26 Å². The second-order valence-electron chi connectivity index (χ2n) is 4.64. The third-order valence-electron chi connectivity index (χ3n) is 3.29. The van der Waals surface area contributed by atoms with Crippen molar-refractivity contribution < 1.29 is 4.74 Å². The van der Waals surface area contributed by atoms with Crippen molar-refractivity contribution in [3.8, 4) is 6.07 Å². The van der Waals surface area contributed by atoms with Crippen molar-refractivity contribution in [2.45, 2.75) is 13.0 Å². The molecule has 0 spiro atoms. The first-order chi connectivity index (χ1) is 8.97. The third kappa shape index (κ3) is 2.15. The fourth-order valence-corrected chi connectivity index (χ4v) is 2.31. The summed E-state index contributed by atoms with van der Waals surface area (Å²) in [5.41, 5.74) is -0.989. The van der Waals surface area contributed by atoms with E-state index in [1.807, 2.05) is 17.9 Å². The average Bonchev–Trinajstić information content (AvgIpc) is 2.40. The molecule has 1 saturated heterocycles. The van der Waals surface area contributed by atoms with Crippen molar-refractivity contribution in [1.82, 2.24) is 9.13 Å². The normalized spacial score (nSPS) is 19.3. The Morgan fingerprint density at radius 1 is 1.32 bits per heavy atom. The molecular weight excluding hydrogens is 248 g/mol. The highest BCUT2D eigenvalue weighted by Crippen LogP contribution is 2.17. The summed E-state index contributed by atoms with van der Waals surface area (Å²) in [7, 11) is 2.94. The van der Waals surface area contributed by atoms with Crippen molar-refractivity contribution >= 4 is 5.82 Å². The summed E-state index contributed by atoms with van der Waals surface area (Å²) in [4.78, 5) is 25.8. The topological polar surface area (TPSA) is 80.3 Å². The van der Waals surface area contributed by atoms with Gasteiger partial charge in [-0.3, -0.25) is 13.9 Å². The summed E-state index contributed by atoms with van der Waals surface area (Å²) in [6, 6.07) is 1.91.